The molecule has 0 atom stereocenters. The lowest BCUT2D eigenvalue weighted by atomic mass is 10.3. The number of carbonyl (C=O) groups excluding carboxylic acids is 1. The molecule has 2 rings (SSSR count). The largest absolute Gasteiger partial charge is 0.342 e. The Hall–Kier alpha value is -1.43. The molecule has 2 heterocycles. The Morgan fingerprint density at radius 2 is 2.16 bits per heavy atom. The Labute approximate surface area is 113 Å². The van der Waals surface area contributed by atoms with Crippen LogP contribution in [0.1, 0.15) is 38.4 Å². The van der Waals surface area contributed by atoms with Gasteiger partial charge in [0.05, 0.1) is 6.54 Å². The average molecular weight is 266 g/mol. The molecular weight excluding hydrogens is 244 g/mol. The zero-order chi connectivity index (χ0) is 13.7. The maximum Gasteiger partial charge on any atom is 0.240 e. The van der Waals surface area contributed by atoms with Gasteiger partial charge in [-0.25, -0.2) is 0 Å². The summed E-state index contributed by atoms with van der Waals surface area (Å²) in [6.45, 7) is 7.87. The molecular formula is C13H22N4O2. The van der Waals surface area contributed by atoms with Gasteiger partial charge in [0, 0.05) is 39.5 Å². The van der Waals surface area contributed by atoms with E-state index in [0.29, 0.717) is 12.4 Å². The van der Waals surface area contributed by atoms with Gasteiger partial charge in [-0.05, 0) is 12.8 Å². The number of nitrogens with zero attached hydrogens (tertiary/aromatic N) is 4. The Morgan fingerprint density at radius 3 is 2.89 bits per heavy atom. The zero-order valence-corrected chi connectivity index (χ0v) is 11.8. The third-order valence-corrected chi connectivity index (χ3v) is 3.38. The average Bonchev–Trinajstić information content (AvgIpc) is 2.67. The molecule has 0 radical (unpaired) electrons. The molecule has 0 saturated carbocycles. The van der Waals surface area contributed by atoms with Crippen LogP contribution in [0.4, 0.5) is 0 Å². The fourth-order valence-electron chi connectivity index (χ4n) is 2.31. The molecule has 0 aliphatic carbocycles. The van der Waals surface area contributed by atoms with Crippen molar-refractivity contribution in [2.24, 2.45) is 0 Å². The smallest absolute Gasteiger partial charge is 0.240 e. The van der Waals surface area contributed by atoms with E-state index in [2.05, 4.69) is 22.0 Å². The number of rotatable bonds is 4. The van der Waals surface area contributed by atoms with E-state index in [0.717, 1.165) is 51.3 Å². The van der Waals surface area contributed by atoms with E-state index in [-0.39, 0.29) is 5.91 Å². The van der Waals surface area contributed by atoms with Crippen LogP contribution in [0.3, 0.4) is 0 Å². The summed E-state index contributed by atoms with van der Waals surface area (Å²) in [6, 6.07) is 0. The van der Waals surface area contributed by atoms with Crippen LogP contribution in [0.15, 0.2) is 4.52 Å². The second-order valence-electron chi connectivity index (χ2n) is 4.99. The van der Waals surface area contributed by atoms with Gasteiger partial charge >= 0.3 is 0 Å². The molecule has 19 heavy (non-hydrogen) atoms. The topological polar surface area (TPSA) is 62.5 Å². The van der Waals surface area contributed by atoms with Gasteiger partial charge in [0.2, 0.25) is 11.8 Å². The summed E-state index contributed by atoms with van der Waals surface area (Å²) in [5.41, 5.74) is 0. The van der Waals surface area contributed by atoms with Crippen LogP contribution in [0.2, 0.25) is 0 Å². The van der Waals surface area contributed by atoms with Crippen molar-refractivity contribution in [2.45, 2.75) is 39.7 Å². The minimum absolute atomic E-state index is 0.157. The van der Waals surface area contributed by atoms with Crippen LogP contribution < -0.4 is 0 Å². The van der Waals surface area contributed by atoms with E-state index >= 15 is 0 Å². The van der Waals surface area contributed by atoms with E-state index in [1.54, 1.807) is 6.92 Å². The van der Waals surface area contributed by atoms with Gasteiger partial charge in [0.25, 0.3) is 0 Å². The quantitative estimate of drug-likeness (QED) is 0.816. The first-order valence-electron chi connectivity index (χ1n) is 6.98. The summed E-state index contributed by atoms with van der Waals surface area (Å²) in [5, 5.41) is 3.96. The van der Waals surface area contributed by atoms with Crippen molar-refractivity contribution in [1.29, 1.82) is 0 Å². The van der Waals surface area contributed by atoms with E-state index < -0.39 is 0 Å². The first-order chi connectivity index (χ1) is 9.19. The van der Waals surface area contributed by atoms with Crippen molar-refractivity contribution in [3.05, 3.63) is 11.7 Å². The molecule has 6 nitrogen and oxygen atoms in total. The zero-order valence-electron chi connectivity index (χ0n) is 11.8. The minimum Gasteiger partial charge on any atom is -0.342 e. The van der Waals surface area contributed by atoms with Gasteiger partial charge in [0.15, 0.2) is 5.82 Å². The number of aromatic nitrogens is 2. The maximum absolute atomic E-state index is 11.4. The molecule has 1 aliphatic rings. The molecule has 0 bridgehead atoms. The summed E-state index contributed by atoms with van der Waals surface area (Å²) in [6.07, 6.45) is 2.88. The SMILES string of the molecule is CCCc1noc(CN2CCCN(C(C)=O)CC2)n1. The van der Waals surface area contributed by atoms with Crippen LogP contribution in [0.25, 0.3) is 0 Å². The molecule has 1 saturated heterocycles. The van der Waals surface area contributed by atoms with Gasteiger partial charge in [0.1, 0.15) is 0 Å². The van der Waals surface area contributed by atoms with Gasteiger partial charge in [-0.1, -0.05) is 12.1 Å². The van der Waals surface area contributed by atoms with Crippen LogP contribution in [-0.2, 0) is 17.8 Å². The highest BCUT2D eigenvalue weighted by Crippen LogP contribution is 2.08. The van der Waals surface area contributed by atoms with Crippen LogP contribution in [0, 0.1) is 0 Å². The summed E-state index contributed by atoms with van der Waals surface area (Å²) in [4.78, 5) is 19.9. The normalized spacial score (nSPS) is 17.5. The lowest BCUT2D eigenvalue weighted by Gasteiger charge is -2.19. The highest BCUT2D eigenvalue weighted by Gasteiger charge is 2.18. The molecule has 6 heteroatoms. The fraction of sp³-hybridized carbons (Fsp3) is 0.769. The summed E-state index contributed by atoms with van der Waals surface area (Å²) < 4.78 is 5.25. The van der Waals surface area contributed by atoms with E-state index in [9.17, 15) is 4.79 Å². The van der Waals surface area contributed by atoms with Gasteiger partial charge < -0.3 is 9.42 Å². The molecule has 106 valence electrons. The third-order valence-electron chi connectivity index (χ3n) is 3.38. The maximum atomic E-state index is 11.4. The monoisotopic (exact) mass is 266 g/mol. The third kappa shape index (κ3) is 4.02. The molecule has 1 amide bonds. The molecule has 1 aromatic rings. The number of hydrogen-bond acceptors (Lipinski definition) is 5. The van der Waals surface area contributed by atoms with Crippen molar-refractivity contribution < 1.29 is 9.32 Å². The highest BCUT2D eigenvalue weighted by atomic mass is 16.5. The Morgan fingerprint density at radius 1 is 1.32 bits per heavy atom. The first kappa shape index (κ1) is 14.0. The highest BCUT2D eigenvalue weighted by molar-refractivity contribution is 5.73. The molecule has 0 spiro atoms. The van der Waals surface area contributed by atoms with E-state index in [4.69, 9.17) is 4.52 Å². The van der Waals surface area contributed by atoms with Crippen molar-refractivity contribution >= 4 is 5.91 Å². The molecule has 1 aromatic heterocycles. The lowest BCUT2D eigenvalue weighted by Crippen LogP contribution is -2.33. The van der Waals surface area contributed by atoms with Gasteiger partial charge in [-0.2, -0.15) is 4.98 Å². The molecule has 1 fully saturated rings. The number of amides is 1. The molecule has 0 N–H and O–H groups in total. The summed E-state index contributed by atoms with van der Waals surface area (Å²) in [7, 11) is 0. The van der Waals surface area contributed by atoms with Crippen LogP contribution >= 0.6 is 0 Å². The molecule has 0 aromatic carbocycles. The van der Waals surface area contributed by atoms with Crippen molar-refractivity contribution in [3.63, 3.8) is 0 Å². The second kappa shape index (κ2) is 6.65. The Balaban J connectivity index is 1.86. The standard InChI is InChI=1S/C13H22N4O2/c1-3-5-12-14-13(19-15-12)10-16-6-4-7-17(9-8-16)11(2)18/h3-10H2,1-2H3. The summed E-state index contributed by atoms with van der Waals surface area (Å²) >= 11 is 0. The second-order valence-corrected chi connectivity index (χ2v) is 4.99. The number of hydrogen-bond donors (Lipinski definition) is 0. The number of carbonyl (C=O) groups is 1. The van der Waals surface area contributed by atoms with Crippen molar-refractivity contribution in [1.82, 2.24) is 19.9 Å². The predicted octanol–water partition coefficient (Wildman–Crippen LogP) is 1.08. The fourth-order valence-corrected chi connectivity index (χ4v) is 2.31. The van der Waals surface area contributed by atoms with Crippen molar-refractivity contribution in [2.75, 3.05) is 26.2 Å². The Bertz CT molecular complexity index is 419. The Kier molecular flexibility index (Phi) is 4.90. The minimum atomic E-state index is 0.157. The predicted molar refractivity (Wildman–Crippen MR) is 70.4 cm³/mol. The van der Waals surface area contributed by atoms with E-state index in [1.165, 1.54) is 0 Å². The summed E-state index contributed by atoms with van der Waals surface area (Å²) in [5.74, 6) is 1.63. The lowest BCUT2D eigenvalue weighted by molar-refractivity contribution is -0.128. The van der Waals surface area contributed by atoms with Gasteiger partial charge in [-0.3, -0.25) is 9.69 Å². The first-order valence-corrected chi connectivity index (χ1v) is 6.98. The number of aryl methyl sites for hydroxylation is 1. The molecule has 1 aliphatic heterocycles. The van der Waals surface area contributed by atoms with E-state index in [1.807, 2.05) is 4.90 Å². The van der Waals surface area contributed by atoms with Gasteiger partial charge in [-0.15, -0.1) is 0 Å². The van der Waals surface area contributed by atoms with Crippen molar-refractivity contribution in [3.8, 4) is 0 Å². The van der Waals surface area contributed by atoms with Crippen LogP contribution in [0.5, 0.6) is 0 Å². The van der Waals surface area contributed by atoms with Crippen LogP contribution in [-0.4, -0.2) is 52.0 Å². The molecule has 0 unspecified atom stereocenters.